The van der Waals surface area contributed by atoms with E-state index in [2.05, 4.69) is 175 Å². The Morgan fingerprint density at radius 1 is 0.358 bits per heavy atom. The smallest absolute Gasteiger partial charge is 0.160 e. The average molecular weight is 694 g/mol. The van der Waals surface area contributed by atoms with Crippen LogP contribution in [0.2, 0.25) is 0 Å². The van der Waals surface area contributed by atoms with Crippen LogP contribution in [0.3, 0.4) is 0 Å². The highest BCUT2D eigenvalue weighted by Gasteiger charge is 2.14. The molecule has 0 amide bonds. The fraction of sp³-hybridized carbons (Fsp3) is 0. The molecule has 53 heavy (non-hydrogen) atoms. The van der Waals surface area contributed by atoms with E-state index >= 15 is 0 Å². The van der Waals surface area contributed by atoms with E-state index in [1.54, 1.807) is 6.20 Å². The Morgan fingerprint density at radius 3 is 1.75 bits per heavy atom. The molecule has 248 valence electrons. The Kier molecular flexibility index (Phi) is 7.67. The summed E-state index contributed by atoms with van der Waals surface area (Å²) in [6, 6.07) is 62.5. The van der Waals surface area contributed by atoms with E-state index in [0.29, 0.717) is 5.82 Å². The second kappa shape index (κ2) is 13.1. The van der Waals surface area contributed by atoms with Crippen LogP contribution in [0, 0.1) is 0 Å². The van der Waals surface area contributed by atoms with Gasteiger partial charge in [-0.25, -0.2) is 9.97 Å². The number of aromatic nitrogens is 3. The van der Waals surface area contributed by atoms with Gasteiger partial charge in [-0.1, -0.05) is 140 Å². The molecular weight excluding hydrogens is 663 g/mol. The monoisotopic (exact) mass is 693 g/mol. The maximum atomic E-state index is 5.18. The molecule has 0 saturated heterocycles. The minimum atomic E-state index is 0.681. The first kappa shape index (κ1) is 31.0. The van der Waals surface area contributed by atoms with Crippen LogP contribution in [0.4, 0.5) is 0 Å². The van der Waals surface area contributed by atoms with Gasteiger partial charge in [-0.3, -0.25) is 4.98 Å². The first-order chi connectivity index (χ1) is 26.2. The summed E-state index contributed by atoms with van der Waals surface area (Å²) < 4.78 is 2.63. The first-order valence-electron chi connectivity index (χ1n) is 17.7. The van der Waals surface area contributed by atoms with Crippen LogP contribution in [-0.4, -0.2) is 15.0 Å². The third-order valence-corrected chi connectivity index (χ3v) is 11.2. The zero-order valence-electron chi connectivity index (χ0n) is 28.6. The van der Waals surface area contributed by atoms with Gasteiger partial charge in [0.2, 0.25) is 0 Å². The minimum Gasteiger partial charge on any atom is -0.264 e. The van der Waals surface area contributed by atoms with Gasteiger partial charge in [0.25, 0.3) is 0 Å². The van der Waals surface area contributed by atoms with Crippen molar-refractivity contribution in [3.8, 4) is 67.3 Å². The fourth-order valence-electron chi connectivity index (χ4n) is 7.28. The van der Waals surface area contributed by atoms with Crippen LogP contribution in [0.5, 0.6) is 0 Å². The van der Waals surface area contributed by atoms with Gasteiger partial charge in [-0.2, -0.15) is 0 Å². The SMILES string of the molecule is c1cncc(-c2cccc(-c3nc(-c4ccc(-c5ccc6sc7ccccc7c6c5)cc4)cc(-c4ccc(-c5cccc6ccccc56)cc4)n3)c2)c1. The molecule has 0 unspecified atom stereocenters. The lowest BCUT2D eigenvalue weighted by molar-refractivity contribution is 1.18. The van der Waals surface area contributed by atoms with Gasteiger partial charge < -0.3 is 0 Å². The molecule has 0 aliphatic rings. The molecule has 0 radical (unpaired) electrons. The van der Waals surface area contributed by atoms with Crippen molar-refractivity contribution in [3.63, 3.8) is 0 Å². The third-order valence-electron chi connectivity index (χ3n) is 10.0. The number of pyridine rings is 1. The van der Waals surface area contributed by atoms with Crippen LogP contribution in [-0.2, 0) is 0 Å². The molecule has 10 aromatic rings. The highest BCUT2D eigenvalue weighted by atomic mass is 32.1. The van der Waals surface area contributed by atoms with E-state index in [4.69, 9.17) is 9.97 Å². The molecule has 0 bridgehead atoms. The fourth-order valence-corrected chi connectivity index (χ4v) is 8.37. The van der Waals surface area contributed by atoms with Gasteiger partial charge in [-0.05, 0) is 75.0 Å². The average Bonchev–Trinajstić information content (AvgIpc) is 3.62. The zero-order chi connectivity index (χ0) is 35.1. The Labute approximate surface area is 311 Å². The van der Waals surface area contributed by atoms with Crippen molar-refractivity contribution in [2.24, 2.45) is 0 Å². The van der Waals surface area contributed by atoms with E-state index < -0.39 is 0 Å². The second-order valence-electron chi connectivity index (χ2n) is 13.3. The van der Waals surface area contributed by atoms with E-state index in [9.17, 15) is 0 Å². The molecule has 7 aromatic carbocycles. The number of thiophene rings is 1. The maximum Gasteiger partial charge on any atom is 0.160 e. The highest BCUT2D eigenvalue weighted by molar-refractivity contribution is 7.25. The standard InChI is InChI=1S/C49H31N3S/c1-2-13-41-33(8-1)9-6-15-42(41)34-19-23-36(24-20-34)46-30-45(51-49(52-46)39-11-5-10-37(28-39)40-12-7-27-50-31-40)35-21-17-32(18-22-35)38-25-26-48-44(29-38)43-14-3-4-16-47(43)53-48/h1-31H. The van der Waals surface area contributed by atoms with Gasteiger partial charge in [0.15, 0.2) is 5.82 Å². The van der Waals surface area contributed by atoms with Crippen molar-refractivity contribution < 1.29 is 0 Å². The van der Waals surface area contributed by atoms with Crippen molar-refractivity contribution >= 4 is 42.3 Å². The third kappa shape index (κ3) is 5.85. The molecule has 3 nitrogen and oxygen atoms in total. The molecule has 3 heterocycles. The lowest BCUT2D eigenvalue weighted by Gasteiger charge is -2.12. The van der Waals surface area contributed by atoms with E-state index in [-0.39, 0.29) is 0 Å². The quantitative estimate of drug-likeness (QED) is 0.174. The molecule has 4 heteroatoms. The van der Waals surface area contributed by atoms with E-state index in [1.165, 1.54) is 53.2 Å². The number of hydrogen-bond donors (Lipinski definition) is 0. The predicted octanol–water partition coefficient (Wildman–Crippen LogP) is 13.4. The number of rotatable bonds is 6. The highest BCUT2D eigenvalue weighted by Crippen LogP contribution is 2.37. The largest absolute Gasteiger partial charge is 0.264 e. The van der Waals surface area contributed by atoms with Gasteiger partial charge in [0.05, 0.1) is 11.4 Å². The number of nitrogens with zero attached hydrogens (tertiary/aromatic N) is 3. The number of fused-ring (bicyclic) bond motifs is 4. The molecule has 10 rings (SSSR count). The maximum absolute atomic E-state index is 5.18. The summed E-state index contributed by atoms with van der Waals surface area (Å²) in [6.07, 6.45) is 3.69. The van der Waals surface area contributed by atoms with Gasteiger partial charge >= 0.3 is 0 Å². The molecule has 0 aliphatic heterocycles. The van der Waals surface area contributed by atoms with E-state index in [0.717, 1.165) is 39.2 Å². The predicted molar refractivity (Wildman–Crippen MR) is 223 cm³/mol. The second-order valence-corrected chi connectivity index (χ2v) is 14.4. The lowest BCUT2D eigenvalue weighted by Crippen LogP contribution is -1.96. The van der Waals surface area contributed by atoms with Crippen molar-refractivity contribution in [2.45, 2.75) is 0 Å². The lowest BCUT2D eigenvalue weighted by atomic mass is 9.96. The zero-order valence-corrected chi connectivity index (χ0v) is 29.5. The number of benzene rings is 7. The summed E-state index contributed by atoms with van der Waals surface area (Å²) >= 11 is 1.85. The molecule has 0 spiro atoms. The molecule has 0 N–H and O–H groups in total. The topological polar surface area (TPSA) is 38.7 Å². The molecule has 0 saturated carbocycles. The van der Waals surface area contributed by atoms with Crippen molar-refractivity contribution in [1.29, 1.82) is 0 Å². The molecule has 0 aliphatic carbocycles. The van der Waals surface area contributed by atoms with E-state index in [1.807, 2.05) is 23.6 Å². The van der Waals surface area contributed by atoms with Gasteiger partial charge in [-0.15, -0.1) is 11.3 Å². The summed E-state index contributed by atoms with van der Waals surface area (Å²) in [5, 5.41) is 5.09. The Bertz CT molecular complexity index is 2920. The van der Waals surface area contributed by atoms with Crippen LogP contribution in [0.25, 0.3) is 98.2 Å². The van der Waals surface area contributed by atoms with Gasteiger partial charge in [0, 0.05) is 54.8 Å². The summed E-state index contributed by atoms with van der Waals surface area (Å²) in [5.41, 5.74) is 11.7. The van der Waals surface area contributed by atoms with Crippen LogP contribution >= 0.6 is 11.3 Å². The van der Waals surface area contributed by atoms with Gasteiger partial charge in [0.1, 0.15) is 0 Å². The summed E-state index contributed by atoms with van der Waals surface area (Å²) in [5.74, 6) is 0.681. The Hall–Kier alpha value is -6.75. The normalized spacial score (nSPS) is 11.4. The van der Waals surface area contributed by atoms with Crippen LogP contribution < -0.4 is 0 Å². The summed E-state index contributed by atoms with van der Waals surface area (Å²) in [7, 11) is 0. The molecule has 0 atom stereocenters. The minimum absolute atomic E-state index is 0.681. The summed E-state index contributed by atoms with van der Waals surface area (Å²) in [4.78, 5) is 14.7. The number of hydrogen-bond acceptors (Lipinski definition) is 4. The summed E-state index contributed by atoms with van der Waals surface area (Å²) in [6.45, 7) is 0. The molecule has 0 fully saturated rings. The Morgan fingerprint density at radius 2 is 0.962 bits per heavy atom. The van der Waals surface area contributed by atoms with Crippen molar-refractivity contribution in [2.75, 3.05) is 0 Å². The molecule has 3 aromatic heterocycles. The van der Waals surface area contributed by atoms with Crippen LogP contribution in [0.1, 0.15) is 0 Å². The molecular formula is C49H31N3S. The van der Waals surface area contributed by atoms with Crippen molar-refractivity contribution in [3.05, 3.63) is 188 Å². The van der Waals surface area contributed by atoms with Crippen molar-refractivity contribution in [1.82, 2.24) is 15.0 Å². The first-order valence-corrected chi connectivity index (χ1v) is 18.6. The Balaban J connectivity index is 1.05. The van der Waals surface area contributed by atoms with Crippen LogP contribution in [0.15, 0.2) is 188 Å².